The summed E-state index contributed by atoms with van der Waals surface area (Å²) >= 11 is 0. The lowest BCUT2D eigenvalue weighted by Crippen LogP contribution is -2.47. The summed E-state index contributed by atoms with van der Waals surface area (Å²) in [6.45, 7) is 13.6. The Labute approximate surface area is 107 Å². The van der Waals surface area contributed by atoms with Gasteiger partial charge in [0.25, 0.3) is 0 Å². The monoisotopic (exact) mass is 242 g/mol. The maximum atomic E-state index is 10.4. The Bertz CT molecular complexity index is 210. The summed E-state index contributed by atoms with van der Waals surface area (Å²) in [7, 11) is 0. The highest BCUT2D eigenvalue weighted by atomic mass is 16.3. The third-order valence-electron chi connectivity index (χ3n) is 4.15. The number of nitrogens with zero attached hydrogens (tertiary/aromatic N) is 1. The van der Waals surface area contributed by atoms with Crippen molar-refractivity contribution in [3.63, 3.8) is 0 Å². The van der Waals surface area contributed by atoms with E-state index in [1.54, 1.807) is 0 Å². The second-order valence-electron chi connectivity index (χ2n) is 6.05. The molecule has 0 aromatic rings. The Hall–Kier alpha value is -0.120. The van der Waals surface area contributed by atoms with E-state index in [0.29, 0.717) is 5.92 Å². The summed E-state index contributed by atoms with van der Waals surface area (Å²) in [6.07, 6.45) is 2.62. The van der Waals surface area contributed by atoms with Gasteiger partial charge in [-0.3, -0.25) is 0 Å². The fraction of sp³-hybridized carbons (Fsp3) is 1.00. The second-order valence-corrected chi connectivity index (χ2v) is 6.05. The lowest BCUT2D eigenvalue weighted by molar-refractivity contribution is -0.0214. The standard InChI is InChI=1S/C14H30N2O/c1-5-16(11-14(4,17)12(2)3)10-13-7-6-8-15-9-13/h12-13,15,17H,5-11H2,1-4H3. The van der Waals surface area contributed by atoms with Gasteiger partial charge in [-0.1, -0.05) is 20.8 Å². The average Bonchev–Trinajstić information content (AvgIpc) is 2.29. The molecule has 3 nitrogen and oxygen atoms in total. The predicted molar refractivity (Wildman–Crippen MR) is 73.2 cm³/mol. The van der Waals surface area contributed by atoms with Crippen LogP contribution in [0.1, 0.15) is 40.5 Å². The van der Waals surface area contributed by atoms with Crippen LogP contribution in [-0.4, -0.2) is 48.3 Å². The van der Waals surface area contributed by atoms with E-state index in [-0.39, 0.29) is 0 Å². The first-order chi connectivity index (χ1) is 7.95. The quantitative estimate of drug-likeness (QED) is 0.744. The van der Waals surface area contributed by atoms with Crippen molar-refractivity contribution >= 4 is 0 Å². The highest BCUT2D eigenvalue weighted by Crippen LogP contribution is 2.19. The SMILES string of the molecule is CCN(CC1CCCNC1)CC(C)(O)C(C)C. The zero-order chi connectivity index (χ0) is 12.9. The smallest absolute Gasteiger partial charge is 0.0768 e. The Morgan fingerprint density at radius 3 is 2.65 bits per heavy atom. The van der Waals surface area contributed by atoms with Crippen molar-refractivity contribution in [1.82, 2.24) is 10.2 Å². The van der Waals surface area contributed by atoms with E-state index >= 15 is 0 Å². The van der Waals surface area contributed by atoms with Crippen molar-refractivity contribution in [1.29, 1.82) is 0 Å². The number of likely N-dealkylation sites (N-methyl/N-ethyl adjacent to an activating group) is 1. The van der Waals surface area contributed by atoms with Crippen molar-refractivity contribution in [2.45, 2.75) is 46.1 Å². The van der Waals surface area contributed by atoms with Gasteiger partial charge in [-0.15, -0.1) is 0 Å². The number of rotatable bonds is 6. The summed E-state index contributed by atoms with van der Waals surface area (Å²) in [4.78, 5) is 2.40. The molecular formula is C14H30N2O. The predicted octanol–water partition coefficient (Wildman–Crippen LogP) is 1.71. The number of aliphatic hydroxyl groups is 1. The summed E-state index contributed by atoms with van der Waals surface area (Å²) in [5, 5.41) is 13.8. The summed E-state index contributed by atoms with van der Waals surface area (Å²) < 4.78 is 0. The van der Waals surface area contributed by atoms with Gasteiger partial charge in [0.1, 0.15) is 0 Å². The molecule has 0 aromatic heterocycles. The molecule has 0 radical (unpaired) electrons. The van der Waals surface area contributed by atoms with Gasteiger partial charge in [0.15, 0.2) is 0 Å². The van der Waals surface area contributed by atoms with Gasteiger partial charge in [-0.05, 0) is 51.2 Å². The number of piperidine rings is 1. The van der Waals surface area contributed by atoms with E-state index in [0.717, 1.165) is 32.1 Å². The molecule has 0 aliphatic carbocycles. The van der Waals surface area contributed by atoms with Gasteiger partial charge in [0.05, 0.1) is 5.60 Å². The molecule has 2 unspecified atom stereocenters. The number of nitrogens with one attached hydrogen (secondary N) is 1. The Morgan fingerprint density at radius 1 is 1.47 bits per heavy atom. The van der Waals surface area contributed by atoms with Gasteiger partial charge < -0.3 is 15.3 Å². The molecule has 0 aromatic carbocycles. The van der Waals surface area contributed by atoms with Crippen molar-refractivity contribution in [3.8, 4) is 0 Å². The molecule has 0 saturated carbocycles. The summed E-state index contributed by atoms with van der Waals surface area (Å²) in [6, 6.07) is 0. The molecule has 0 bridgehead atoms. The van der Waals surface area contributed by atoms with Crippen LogP contribution in [0.25, 0.3) is 0 Å². The molecule has 2 atom stereocenters. The number of hydrogen-bond acceptors (Lipinski definition) is 3. The first-order valence-electron chi connectivity index (χ1n) is 7.11. The molecule has 3 heteroatoms. The van der Waals surface area contributed by atoms with Crippen LogP contribution >= 0.6 is 0 Å². The zero-order valence-corrected chi connectivity index (χ0v) is 12.0. The summed E-state index contributed by atoms with van der Waals surface area (Å²) in [5.41, 5.74) is -0.571. The molecule has 102 valence electrons. The fourth-order valence-corrected chi connectivity index (χ4v) is 2.39. The number of hydrogen-bond donors (Lipinski definition) is 2. The molecule has 1 heterocycles. The van der Waals surface area contributed by atoms with Crippen LogP contribution in [0.5, 0.6) is 0 Å². The average molecular weight is 242 g/mol. The lowest BCUT2D eigenvalue weighted by Gasteiger charge is -2.36. The minimum atomic E-state index is -0.571. The maximum Gasteiger partial charge on any atom is 0.0768 e. The van der Waals surface area contributed by atoms with Crippen LogP contribution in [0, 0.1) is 11.8 Å². The van der Waals surface area contributed by atoms with E-state index in [4.69, 9.17) is 0 Å². The molecular weight excluding hydrogens is 212 g/mol. The van der Waals surface area contributed by atoms with Crippen LogP contribution in [0.3, 0.4) is 0 Å². The molecule has 1 saturated heterocycles. The third kappa shape index (κ3) is 4.94. The topological polar surface area (TPSA) is 35.5 Å². The first kappa shape index (κ1) is 14.9. The Balaban J connectivity index is 2.42. The molecule has 1 rings (SSSR count). The normalized spacial score (nSPS) is 25.2. The van der Waals surface area contributed by atoms with Gasteiger partial charge in [-0.25, -0.2) is 0 Å². The van der Waals surface area contributed by atoms with Gasteiger partial charge in [-0.2, -0.15) is 0 Å². The highest BCUT2D eigenvalue weighted by Gasteiger charge is 2.28. The molecule has 2 N–H and O–H groups in total. The molecule has 1 fully saturated rings. The zero-order valence-electron chi connectivity index (χ0n) is 12.0. The van der Waals surface area contributed by atoms with Crippen LogP contribution in [0.4, 0.5) is 0 Å². The minimum absolute atomic E-state index is 0.307. The molecule has 1 aliphatic heterocycles. The third-order valence-corrected chi connectivity index (χ3v) is 4.15. The van der Waals surface area contributed by atoms with E-state index in [9.17, 15) is 5.11 Å². The van der Waals surface area contributed by atoms with Crippen LogP contribution in [0.2, 0.25) is 0 Å². The van der Waals surface area contributed by atoms with E-state index in [1.165, 1.54) is 19.4 Å². The Kier molecular flexibility index (Phi) is 5.90. The van der Waals surface area contributed by atoms with Gasteiger partial charge in [0, 0.05) is 13.1 Å². The van der Waals surface area contributed by atoms with Crippen molar-refractivity contribution in [2.24, 2.45) is 11.8 Å². The minimum Gasteiger partial charge on any atom is -0.389 e. The largest absolute Gasteiger partial charge is 0.389 e. The van der Waals surface area contributed by atoms with Crippen molar-refractivity contribution in [2.75, 3.05) is 32.7 Å². The van der Waals surface area contributed by atoms with Crippen LogP contribution < -0.4 is 5.32 Å². The first-order valence-corrected chi connectivity index (χ1v) is 7.11. The maximum absolute atomic E-state index is 10.4. The second kappa shape index (κ2) is 6.72. The van der Waals surface area contributed by atoms with Crippen molar-refractivity contribution in [3.05, 3.63) is 0 Å². The van der Waals surface area contributed by atoms with Crippen molar-refractivity contribution < 1.29 is 5.11 Å². The van der Waals surface area contributed by atoms with Gasteiger partial charge >= 0.3 is 0 Å². The summed E-state index contributed by atoms with van der Waals surface area (Å²) in [5.74, 6) is 1.06. The molecule has 17 heavy (non-hydrogen) atoms. The fourth-order valence-electron chi connectivity index (χ4n) is 2.39. The van der Waals surface area contributed by atoms with E-state index < -0.39 is 5.60 Å². The molecule has 0 amide bonds. The van der Waals surface area contributed by atoms with E-state index in [2.05, 4.69) is 31.0 Å². The Morgan fingerprint density at radius 2 is 2.18 bits per heavy atom. The molecule has 0 spiro atoms. The van der Waals surface area contributed by atoms with E-state index in [1.807, 2.05) is 6.92 Å². The lowest BCUT2D eigenvalue weighted by atomic mass is 9.91. The van der Waals surface area contributed by atoms with Gasteiger partial charge in [0.2, 0.25) is 0 Å². The van der Waals surface area contributed by atoms with Crippen LogP contribution in [-0.2, 0) is 0 Å². The highest BCUT2D eigenvalue weighted by molar-refractivity contribution is 4.82. The molecule has 1 aliphatic rings. The van der Waals surface area contributed by atoms with Crippen LogP contribution in [0.15, 0.2) is 0 Å².